The van der Waals surface area contributed by atoms with Crippen LogP contribution in [-0.4, -0.2) is 35.7 Å². The van der Waals surface area contributed by atoms with Crippen molar-refractivity contribution in [2.24, 2.45) is 0 Å². The number of halogens is 1. The summed E-state index contributed by atoms with van der Waals surface area (Å²) in [5.41, 5.74) is 2.75. The Morgan fingerprint density at radius 3 is 2.48 bits per heavy atom. The molecule has 3 rings (SSSR count). The highest BCUT2D eigenvalue weighted by atomic mass is 35.5. The molecule has 0 spiro atoms. The molecular weight excluding hydrogens is 412 g/mol. The first-order valence-electron chi connectivity index (χ1n) is 10.9. The smallest absolute Gasteiger partial charge is 0.247 e. The van der Waals surface area contributed by atoms with Crippen molar-refractivity contribution in [2.75, 3.05) is 13.0 Å². The van der Waals surface area contributed by atoms with E-state index in [1.807, 2.05) is 55.5 Å². The summed E-state index contributed by atoms with van der Waals surface area (Å²) in [5.74, 6) is 0.0727. The van der Waals surface area contributed by atoms with Crippen molar-refractivity contribution in [3.63, 3.8) is 0 Å². The number of aryl methyl sites for hydroxylation is 1. The molecule has 6 heteroatoms. The van der Waals surface area contributed by atoms with E-state index in [2.05, 4.69) is 5.32 Å². The van der Waals surface area contributed by atoms with Crippen LogP contribution in [0.2, 0.25) is 0 Å². The Bertz CT molecular complexity index is 879. The molecule has 0 heterocycles. The highest BCUT2D eigenvalue weighted by molar-refractivity contribution is 6.27. The molecule has 0 aliphatic heterocycles. The normalized spacial score (nSPS) is 15.2. The van der Waals surface area contributed by atoms with Gasteiger partial charge in [0.15, 0.2) is 0 Å². The fraction of sp³-hybridized carbons (Fsp3) is 0.440. The van der Waals surface area contributed by atoms with Crippen LogP contribution in [0, 0.1) is 6.92 Å². The predicted molar refractivity (Wildman–Crippen MR) is 123 cm³/mol. The summed E-state index contributed by atoms with van der Waals surface area (Å²) in [6.07, 6.45) is 5.40. The zero-order chi connectivity index (χ0) is 22.2. The minimum Gasteiger partial charge on any atom is -0.497 e. The first-order chi connectivity index (χ1) is 15.0. The zero-order valence-electron chi connectivity index (χ0n) is 18.3. The molecule has 1 aliphatic rings. The molecule has 1 aliphatic carbocycles. The predicted octanol–water partition coefficient (Wildman–Crippen LogP) is 4.76. The van der Waals surface area contributed by atoms with Gasteiger partial charge in [0.25, 0.3) is 0 Å². The van der Waals surface area contributed by atoms with Crippen LogP contribution in [0.15, 0.2) is 48.5 Å². The summed E-state index contributed by atoms with van der Waals surface area (Å²) in [6.45, 7) is 2.26. The standard InChI is InChI=1S/C25H31ClN2O3/c1-18-11-13-20(14-12-18)24(25(30)27-21-8-4-3-5-9-21)28(23(29)16-26)17-19-7-6-10-22(15-19)31-2/h6-7,10-15,21,24H,3-5,8-9,16-17H2,1-2H3,(H,27,30). The zero-order valence-corrected chi connectivity index (χ0v) is 19.0. The molecule has 1 fully saturated rings. The van der Waals surface area contributed by atoms with E-state index in [-0.39, 0.29) is 30.3 Å². The van der Waals surface area contributed by atoms with Crippen LogP contribution < -0.4 is 10.1 Å². The third-order valence-corrected chi connectivity index (χ3v) is 6.06. The Morgan fingerprint density at radius 1 is 1.13 bits per heavy atom. The lowest BCUT2D eigenvalue weighted by Gasteiger charge is -2.33. The van der Waals surface area contributed by atoms with E-state index in [4.69, 9.17) is 16.3 Å². The van der Waals surface area contributed by atoms with E-state index in [1.165, 1.54) is 6.42 Å². The highest BCUT2D eigenvalue weighted by Crippen LogP contribution is 2.27. The summed E-state index contributed by atoms with van der Waals surface area (Å²) in [7, 11) is 1.60. The molecule has 0 saturated heterocycles. The van der Waals surface area contributed by atoms with Gasteiger partial charge in [-0.3, -0.25) is 9.59 Å². The average molecular weight is 443 g/mol. The van der Waals surface area contributed by atoms with Gasteiger partial charge in [0, 0.05) is 12.6 Å². The van der Waals surface area contributed by atoms with Gasteiger partial charge in [0.2, 0.25) is 11.8 Å². The number of alkyl halides is 1. The van der Waals surface area contributed by atoms with Crippen LogP contribution >= 0.6 is 11.6 Å². The first-order valence-corrected chi connectivity index (χ1v) is 11.4. The lowest BCUT2D eigenvalue weighted by molar-refractivity contribution is -0.140. The molecule has 2 aromatic rings. The van der Waals surface area contributed by atoms with E-state index < -0.39 is 6.04 Å². The van der Waals surface area contributed by atoms with Crippen molar-refractivity contribution in [3.05, 3.63) is 65.2 Å². The van der Waals surface area contributed by atoms with Crippen molar-refractivity contribution >= 4 is 23.4 Å². The lowest BCUT2D eigenvalue weighted by Crippen LogP contribution is -2.47. The number of benzene rings is 2. The Labute approximate surface area is 189 Å². The van der Waals surface area contributed by atoms with Crippen LogP contribution in [0.5, 0.6) is 5.75 Å². The number of methoxy groups -OCH3 is 1. The maximum absolute atomic E-state index is 13.5. The number of carbonyl (C=O) groups is 2. The second-order valence-corrected chi connectivity index (χ2v) is 8.43. The van der Waals surface area contributed by atoms with Crippen LogP contribution in [0.1, 0.15) is 54.8 Å². The summed E-state index contributed by atoms with van der Waals surface area (Å²) < 4.78 is 5.32. The maximum atomic E-state index is 13.5. The van der Waals surface area contributed by atoms with Crippen molar-refractivity contribution in [2.45, 2.75) is 57.7 Å². The number of hydrogen-bond donors (Lipinski definition) is 1. The molecule has 1 N–H and O–H groups in total. The number of nitrogens with zero attached hydrogens (tertiary/aromatic N) is 1. The molecule has 1 unspecified atom stereocenters. The Balaban J connectivity index is 1.94. The Hall–Kier alpha value is -2.53. The van der Waals surface area contributed by atoms with Gasteiger partial charge >= 0.3 is 0 Å². The van der Waals surface area contributed by atoms with Crippen molar-refractivity contribution in [1.82, 2.24) is 10.2 Å². The van der Waals surface area contributed by atoms with Crippen LogP contribution in [0.3, 0.4) is 0 Å². The first kappa shape index (κ1) is 23.1. The van der Waals surface area contributed by atoms with Gasteiger partial charge in [-0.25, -0.2) is 0 Å². The van der Waals surface area contributed by atoms with E-state index in [0.717, 1.165) is 42.4 Å². The minimum absolute atomic E-state index is 0.152. The molecule has 1 atom stereocenters. The van der Waals surface area contributed by atoms with E-state index in [1.54, 1.807) is 12.0 Å². The maximum Gasteiger partial charge on any atom is 0.247 e. The highest BCUT2D eigenvalue weighted by Gasteiger charge is 2.32. The van der Waals surface area contributed by atoms with Crippen molar-refractivity contribution in [3.8, 4) is 5.75 Å². The molecule has 2 aromatic carbocycles. The van der Waals surface area contributed by atoms with Gasteiger partial charge in [-0.2, -0.15) is 0 Å². The molecule has 5 nitrogen and oxygen atoms in total. The third kappa shape index (κ3) is 6.23. The minimum atomic E-state index is -0.750. The van der Waals surface area contributed by atoms with E-state index in [9.17, 15) is 9.59 Å². The molecule has 0 bridgehead atoms. The lowest BCUT2D eigenvalue weighted by atomic mass is 9.94. The van der Waals surface area contributed by atoms with Gasteiger partial charge < -0.3 is 15.0 Å². The number of hydrogen-bond acceptors (Lipinski definition) is 3. The summed E-state index contributed by atoms with van der Waals surface area (Å²) in [6, 6.07) is 14.7. The van der Waals surface area contributed by atoms with Crippen LogP contribution in [0.4, 0.5) is 0 Å². The van der Waals surface area contributed by atoms with Gasteiger partial charge in [-0.05, 0) is 43.0 Å². The van der Waals surface area contributed by atoms with E-state index >= 15 is 0 Å². The number of rotatable bonds is 8. The van der Waals surface area contributed by atoms with Crippen molar-refractivity contribution < 1.29 is 14.3 Å². The summed E-state index contributed by atoms with van der Waals surface area (Å²) in [4.78, 5) is 28.0. The number of carbonyl (C=O) groups excluding carboxylic acids is 2. The van der Waals surface area contributed by atoms with Crippen LogP contribution in [0.25, 0.3) is 0 Å². The molecule has 1 saturated carbocycles. The van der Waals surface area contributed by atoms with Gasteiger partial charge in [-0.1, -0.05) is 61.2 Å². The third-order valence-electron chi connectivity index (χ3n) is 5.83. The Morgan fingerprint density at radius 2 is 1.84 bits per heavy atom. The topological polar surface area (TPSA) is 58.6 Å². The number of amides is 2. The Kier molecular flexibility index (Phi) is 8.35. The second kappa shape index (κ2) is 11.2. The molecule has 0 radical (unpaired) electrons. The fourth-order valence-corrected chi connectivity index (χ4v) is 4.27. The summed E-state index contributed by atoms with van der Waals surface area (Å²) >= 11 is 5.98. The molecule has 31 heavy (non-hydrogen) atoms. The van der Waals surface area contributed by atoms with Gasteiger partial charge in [-0.15, -0.1) is 11.6 Å². The van der Waals surface area contributed by atoms with Gasteiger partial charge in [0.1, 0.15) is 17.7 Å². The fourth-order valence-electron chi connectivity index (χ4n) is 4.12. The molecule has 166 valence electrons. The molecule has 2 amide bonds. The van der Waals surface area contributed by atoms with Crippen LogP contribution in [-0.2, 0) is 16.1 Å². The number of ether oxygens (including phenoxy) is 1. The summed E-state index contributed by atoms with van der Waals surface area (Å²) in [5, 5.41) is 3.20. The molecule has 0 aromatic heterocycles. The SMILES string of the molecule is COc1cccc(CN(C(=O)CCl)C(C(=O)NC2CCCCC2)c2ccc(C)cc2)c1. The van der Waals surface area contributed by atoms with Crippen molar-refractivity contribution in [1.29, 1.82) is 0 Å². The van der Waals surface area contributed by atoms with Gasteiger partial charge in [0.05, 0.1) is 7.11 Å². The molecular formula is C25H31ClN2O3. The second-order valence-electron chi connectivity index (χ2n) is 8.16. The van der Waals surface area contributed by atoms with E-state index in [0.29, 0.717) is 5.75 Å². The largest absolute Gasteiger partial charge is 0.497 e. The average Bonchev–Trinajstić information content (AvgIpc) is 2.80. The monoisotopic (exact) mass is 442 g/mol. The number of nitrogens with one attached hydrogen (secondary N) is 1. The quantitative estimate of drug-likeness (QED) is 0.599.